The van der Waals surface area contributed by atoms with Crippen LogP contribution in [-0.4, -0.2) is 21.0 Å². The third kappa shape index (κ3) is 3.97. The molecule has 8 heteroatoms. The summed E-state index contributed by atoms with van der Waals surface area (Å²) in [4.78, 5) is 20.4. The Morgan fingerprint density at radius 1 is 1.28 bits per heavy atom. The van der Waals surface area contributed by atoms with Gasteiger partial charge in [0.05, 0.1) is 6.04 Å². The highest BCUT2D eigenvalue weighted by atomic mass is 19.1. The molecule has 3 aromatic rings. The lowest BCUT2D eigenvalue weighted by Gasteiger charge is -2.13. The monoisotopic (exact) mass is 342 g/mol. The second-order valence-corrected chi connectivity index (χ2v) is 5.22. The molecular weight excluding hydrogens is 327 g/mol. The van der Waals surface area contributed by atoms with Crippen molar-refractivity contribution in [3.63, 3.8) is 0 Å². The maximum atomic E-state index is 13.7. The number of amides is 1. The molecule has 0 aliphatic rings. The van der Waals surface area contributed by atoms with E-state index in [4.69, 9.17) is 4.74 Å². The molecule has 1 N–H and O–H groups in total. The first-order chi connectivity index (χ1) is 12.1. The number of carbonyl (C=O) groups is 1. The summed E-state index contributed by atoms with van der Waals surface area (Å²) in [5, 5.41) is 6.41. The summed E-state index contributed by atoms with van der Waals surface area (Å²) in [7, 11) is 0. The van der Waals surface area contributed by atoms with Gasteiger partial charge in [-0.05, 0) is 25.1 Å². The molecule has 0 saturated carbocycles. The van der Waals surface area contributed by atoms with Crippen molar-refractivity contribution in [2.45, 2.75) is 19.6 Å². The van der Waals surface area contributed by atoms with Gasteiger partial charge in [0.25, 0.3) is 5.91 Å². The second kappa shape index (κ2) is 7.52. The number of rotatable bonds is 6. The minimum atomic E-state index is -0.453. The van der Waals surface area contributed by atoms with Gasteiger partial charge < -0.3 is 14.6 Å². The van der Waals surface area contributed by atoms with Gasteiger partial charge in [0.1, 0.15) is 18.0 Å². The normalized spacial score (nSPS) is 11.8. The second-order valence-electron chi connectivity index (χ2n) is 5.22. The van der Waals surface area contributed by atoms with Gasteiger partial charge in [0, 0.05) is 11.8 Å². The molecule has 0 fully saturated rings. The lowest BCUT2D eigenvalue weighted by Crippen LogP contribution is -2.28. The molecule has 1 atom stereocenters. The Bertz CT molecular complexity index is 855. The molecule has 0 saturated heterocycles. The van der Waals surface area contributed by atoms with Crippen molar-refractivity contribution in [1.82, 2.24) is 20.4 Å². The quantitative estimate of drug-likeness (QED) is 0.741. The van der Waals surface area contributed by atoms with Crippen LogP contribution in [0.1, 0.15) is 34.7 Å². The van der Waals surface area contributed by atoms with Gasteiger partial charge in [-0.15, -0.1) is 0 Å². The maximum absolute atomic E-state index is 13.7. The van der Waals surface area contributed by atoms with Crippen molar-refractivity contribution in [3.8, 4) is 5.88 Å². The number of halogens is 1. The van der Waals surface area contributed by atoms with Crippen molar-refractivity contribution in [3.05, 3.63) is 71.8 Å². The molecule has 7 nitrogen and oxygen atoms in total. The molecule has 25 heavy (non-hydrogen) atoms. The van der Waals surface area contributed by atoms with E-state index in [1.807, 2.05) is 0 Å². The van der Waals surface area contributed by atoms with E-state index >= 15 is 0 Å². The van der Waals surface area contributed by atoms with Gasteiger partial charge in [-0.25, -0.2) is 9.37 Å². The fourth-order valence-corrected chi connectivity index (χ4v) is 2.15. The standard InChI is InChI=1S/C17H15FN4O3/c1-11(15-20-10-25-22-15)21-16(23)13-6-4-8-19-17(13)24-9-12-5-2-3-7-14(12)18/h2-8,10-11H,9H2,1H3,(H,21,23)/t11-/m0/s1. The molecule has 0 radical (unpaired) electrons. The number of nitrogens with one attached hydrogen (secondary N) is 1. The first kappa shape index (κ1) is 16.6. The van der Waals surface area contributed by atoms with E-state index in [9.17, 15) is 9.18 Å². The summed E-state index contributed by atoms with van der Waals surface area (Å²) < 4.78 is 23.9. The van der Waals surface area contributed by atoms with Crippen LogP contribution in [0.5, 0.6) is 5.88 Å². The molecule has 0 aliphatic carbocycles. The van der Waals surface area contributed by atoms with Gasteiger partial charge in [0.2, 0.25) is 12.3 Å². The fraction of sp³-hybridized carbons (Fsp3) is 0.176. The van der Waals surface area contributed by atoms with E-state index in [0.29, 0.717) is 11.4 Å². The number of hydrogen-bond donors (Lipinski definition) is 1. The summed E-state index contributed by atoms with van der Waals surface area (Å²) >= 11 is 0. The van der Waals surface area contributed by atoms with Crippen LogP contribution in [0.2, 0.25) is 0 Å². The lowest BCUT2D eigenvalue weighted by atomic mass is 10.2. The molecule has 0 aliphatic heterocycles. The van der Waals surface area contributed by atoms with E-state index < -0.39 is 11.9 Å². The van der Waals surface area contributed by atoms with Gasteiger partial charge in [-0.1, -0.05) is 23.4 Å². The number of carbonyl (C=O) groups excluding carboxylic acids is 1. The van der Waals surface area contributed by atoms with Crippen LogP contribution >= 0.6 is 0 Å². The molecule has 2 aromatic heterocycles. The van der Waals surface area contributed by atoms with Crippen LogP contribution in [0.25, 0.3) is 0 Å². The molecule has 128 valence electrons. The summed E-state index contributed by atoms with van der Waals surface area (Å²) in [6, 6.07) is 8.99. The van der Waals surface area contributed by atoms with E-state index in [1.54, 1.807) is 37.3 Å². The molecule has 2 heterocycles. The summed E-state index contributed by atoms with van der Waals surface area (Å²) in [5.41, 5.74) is 0.605. The third-order valence-electron chi connectivity index (χ3n) is 3.45. The molecular formula is C17H15FN4O3. The van der Waals surface area contributed by atoms with Crippen molar-refractivity contribution < 1.29 is 18.4 Å². The predicted molar refractivity (Wildman–Crippen MR) is 85.1 cm³/mol. The van der Waals surface area contributed by atoms with Crippen molar-refractivity contribution in [1.29, 1.82) is 0 Å². The van der Waals surface area contributed by atoms with Crippen LogP contribution in [0, 0.1) is 5.82 Å². The van der Waals surface area contributed by atoms with Crippen molar-refractivity contribution in [2.24, 2.45) is 0 Å². The Kier molecular flexibility index (Phi) is 4.98. The number of benzene rings is 1. The van der Waals surface area contributed by atoms with E-state index in [1.165, 1.54) is 18.7 Å². The summed E-state index contributed by atoms with van der Waals surface area (Å²) in [6.07, 6.45) is 2.68. The molecule has 0 unspecified atom stereocenters. The Hall–Kier alpha value is -3.29. The van der Waals surface area contributed by atoms with Crippen molar-refractivity contribution >= 4 is 5.91 Å². The van der Waals surface area contributed by atoms with Crippen LogP contribution < -0.4 is 10.1 Å². The Balaban J connectivity index is 1.72. The van der Waals surface area contributed by atoms with Crippen LogP contribution in [0.15, 0.2) is 53.5 Å². The van der Waals surface area contributed by atoms with Crippen LogP contribution in [-0.2, 0) is 6.61 Å². The summed E-state index contributed by atoms with van der Waals surface area (Å²) in [6.45, 7) is 1.68. The third-order valence-corrected chi connectivity index (χ3v) is 3.45. The van der Waals surface area contributed by atoms with E-state index in [2.05, 4.69) is 25.0 Å². The summed E-state index contributed by atoms with van der Waals surface area (Å²) in [5.74, 6) is -0.321. The maximum Gasteiger partial charge on any atom is 0.257 e. The number of ether oxygens (including phenoxy) is 1. The fourth-order valence-electron chi connectivity index (χ4n) is 2.15. The minimum Gasteiger partial charge on any atom is -0.472 e. The molecule has 1 aromatic carbocycles. The largest absolute Gasteiger partial charge is 0.472 e. The van der Waals surface area contributed by atoms with Crippen LogP contribution in [0.3, 0.4) is 0 Å². The molecule has 0 spiro atoms. The highest BCUT2D eigenvalue weighted by Gasteiger charge is 2.19. The minimum absolute atomic E-state index is 0.0373. The molecule has 3 rings (SSSR count). The average Bonchev–Trinajstić information content (AvgIpc) is 3.16. The van der Waals surface area contributed by atoms with Crippen molar-refractivity contribution in [2.75, 3.05) is 0 Å². The number of pyridine rings is 1. The van der Waals surface area contributed by atoms with Gasteiger partial charge in [0.15, 0.2) is 5.82 Å². The van der Waals surface area contributed by atoms with E-state index in [-0.39, 0.29) is 23.9 Å². The highest BCUT2D eigenvalue weighted by molar-refractivity contribution is 5.96. The zero-order valence-electron chi connectivity index (χ0n) is 13.3. The smallest absolute Gasteiger partial charge is 0.257 e. The Morgan fingerprint density at radius 2 is 2.12 bits per heavy atom. The van der Waals surface area contributed by atoms with Gasteiger partial charge in [-0.2, -0.15) is 4.98 Å². The molecule has 0 bridgehead atoms. The average molecular weight is 342 g/mol. The SMILES string of the molecule is C[C@H](NC(=O)c1cccnc1OCc1ccccc1F)c1ncon1. The van der Waals surface area contributed by atoms with Gasteiger partial charge in [-0.3, -0.25) is 4.79 Å². The lowest BCUT2D eigenvalue weighted by molar-refractivity contribution is 0.0932. The first-order valence-electron chi connectivity index (χ1n) is 7.53. The first-order valence-corrected chi connectivity index (χ1v) is 7.53. The number of hydrogen-bond acceptors (Lipinski definition) is 6. The Morgan fingerprint density at radius 3 is 2.88 bits per heavy atom. The predicted octanol–water partition coefficient (Wildman–Crippen LogP) is 2.67. The number of aromatic nitrogens is 3. The Labute approximate surface area is 142 Å². The topological polar surface area (TPSA) is 90.1 Å². The molecule has 1 amide bonds. The number of nitrogens with zero attached hydrogens (tertiary/aromatic N) is 3. The van der Waals surface area contributed by atoms with Gasteiger partial charge >= 0.3 is 0 Å². The highest BCUT2D eigenvalue weighted by Crippen LogP contribution is 2.18. The van der Waals surface area contributed by atoms with E-state index in [0.717, 1.165) is 0 Å². The zero-order chi connectivity index (χ0) is 17.6. The van der Waals surface area contributed by atoms with Crippen LogP contribution in [0.4, 0.5) is 4.39 Å². The zero-order valence-corrected chi connectivity index (χ0v) is 13.3.